The van der Waals surface area contributed by atoms with E-state index in [4.69, 9.17) is 28.3 Å². The number of fused-ring (bicyclic) bond motifs is 1. The number of ether oxygens (including phenoxy) is 1. The number of nitrogens with one attached hydrogen (secondary N) is 3. The van der Waals surface area contributed by atoms with Crippen molar-refractivity contribution < 1.29 is 23.5 Å². The van der Waals surface area contributed by atoms with E-state index in [9.17, 15) is 14.4 Å². The molecular formula is C27H30B3FN4O4. The lowest BCUT2D eigenvalue weighted by Gasteiger charge is -2.40. The molecule has 0 spiro atoms. The van der Waals surface area contributed by atoms with E-state index in [-0.39, 0.29) is 49.9 Å². The number of carbonyl (C=O) groups excluding carboxylic acids is 3. The molecule has 0 aliphatic carbocycles. The van der Waals surface area contributed by atoms with Crippen molar-refractivity contribution in [3.8, 4) is 0 Å². The van der Waals surface area contributed by atoms with Gasteiger partial charge < -0.3 is 20.3 Å². The van der Waals surface area contributed by atoms with Crippen LogP contribution in [-0.4, -0.2) is 76.2 Å². The molecule has 3 N–H and O–H groups in total. The Bertz CT molecular complexity index is 1260. The molecule has 3 atom stereocenters. The fourth-order valence-corrected chi connectivity index (χ4v) is 5.02. The predicted octanol–water partition coefficient (Wildman–Crippen LogP) is 1.24. The van der Waals surface area contributed by atoms with E-state index in [1.54, 1.807) is 36.4 Å². The summed E-state index contributed by atoms with van der Waals surface area (Å²) in [6, 6.07) is 10.4. The monoisotopic (exact) mass is 526 g/mol. The quantitative estimate of drug-likeness (QED) is 0.301. The largest absolute Gasteiger partial charge is 0.381 e. The Morgan fingerprint density at radius 3 is 2.54 bits per heavy atom. The number of hydrogen-bond acceptors (Lipinski definition) is 6. The van der Waals surface area contributed by atoms with Gasteiger partial charge in [0.25, 0.3) is 5.91 Å². The van der Waals surface area contributed by atoms with E-state index in [2.05, 4.69) is 16.0 Å². The van der Waals surface area contributed by atoms with Crippen LogP contribution in [0.15, 0.2) is 36.4 Å². The molecule has 2 aliphatic heterocycles. The molecule has 0 bridgehead atoms. The van der Waals surface area contributed by atoms with Crippen molar-refractivity contribution in [1.82, 2.24) is 15.5 Å². The van der Waals surface area contributed by atoms with Crippen LogP contribution in [0.4, 0.5) is 10.1 Å². The Labute approximate surface area is 232 Å². The second kappa shape index (κ2) is 12.0. The van der Waals surface area contributed by atoms with Crippen LogP contribution in [0.5, 0.6) is 0 Å². The third kappa shape index (κ3) is 6.39. The van der Waals surface area contributed by atoms with Crippen LogP contribution >= 0.6 is 0 Å². The third-order valence-corrected chi connectivity index (χ3v) is 7.07. The van der Waals surface area contributed by atoms with Crippen molar-refractivity contribution in [2.24, 2.45) is 0 Å². The first kappa shape index (κ1) is 28.9. The van der Waals surface area contributed by atoms with Gasteiger partial charge in [-0.3, -0.25) is 19.7 Å². The van der Waals surface area contributed by atoms with Crippen molar-refractivity contribution >= 4 is 46.9 Å². The number of piperidine rings is 1. The van der Waals surface area contributed by atoms with E-state index in [0.29, 0.717) is 40.9 Å². The summed E-state index contributed by atoms with van der Waals surface area (Å²) in [5.41, 5.74) is 1.08. The minimum Gasteiger partial charge on any atom is -0.381 e. The van der Waals surface area contributed by atoms with Crippen LogP contribution in [0.1, 0.15) is 53.7 Å². The maximum absolute atomic E-state index is 15.4. The maximum Gasteiger partial charge on any atom is 0.254 e. The van der Waals surface area contributed by atoms with Crippen molar-refractivity contribution in [2.45, 2.75) is 69.7 Å². The van der Waals surface area contributed by atoms with E-state index in [1.807, 2.05) is 13.8 Å². The average Bonchev–Trinajstić information content (AvgIpc) is 3.23. The van der Waals surface area contributed by atoms with Gasteiger partial charge in [-0.2, -0.15) is 0 Å². The Morgan fingerprint density at radius 1 is 1.10 bits per heavy atom. The molecule has 2 aliphatic rings. The molecule has 1 saturated heterocycles. The van der Waals surface area contributed by atoms with Gasteiger partial charge in [0.15, 0.2) is 0 Å². The van der Waals surface area contributed by atoms with Gasteiger partial charge in [-0.25, -0.2) is 4.39 Å². The van der Waals surface area contributed by atoms with Crippen molar-refractivity contribution in [3.05, 3.63) is 64.5 Å². The number of hydrogen-bond donors (Lipinski definition) is 3. The highest BCUT2D eigenvalue weighted by molar-refractivity contribution is 6.35. The molecular weight excluding hydrogens is 496 g/mol. The average molecular weight is 526 g/mol. The van der Waals surface area contributed by atoms with Crippen LogP contribution in [0.2, 0.25) is 0 Å². The lowest BCUT2D eigenvalue weighted by Crippen LogP contribution is -2.63. The molecule has 2 aromatic carbocycles. The molecule has 0 saturated carbocycles. The smallest absolute Gasteiger partial charge is 0.254 e. The fraction of sp³-hybridized carbons (Fsp3) is 0.444. The number of halogens is 1. The van der Waals surface area contributed by atoms with Crippen LogP contribution in [0.3, 0.4) is 0 Å². The number of benzene rings is 2. The standard InChI is InChI=1S/C27H30B3FN4O4/c1-15(39-16(2)12-33-26(28)29)11-17-5-3-6-18(23(17)31)13-32-21-8-4-7-19-20(21)14-35(24(19)37)27(30)10-9-22(36)34-25(27)38/h3-8,15-16,26,32-33H,9-14H2,1-2H3,(H,34,36,38). The lowest BCUT2D eigenvalue weighted by molar-refractivity contribution is -0.138. The Hall–Kier alpha value is -3.11. The molecule has 39 heavy (non-hydrogen) atoms. The van der Waals surface area contributed by atoms with Crippen LogP contribution < -0.4 is 16.0 Å². The predicted molar refractivity (Wildman–Crippen MR) is 148 cm³/mol. The van der Waals surface area contributed by atoms with E-state index < -0.39 is 23.1 Å². The second-order valence-corrected chi connectivity index (χ2v) is 10.2. The molecule has 12 heteroatoms. The summed E-state index contributed by atoms with van der Waals surface area (Å²) < 4.78 is 21.3. The number of carbonyl (C=O) groups is 3. The lowest BCUT2D eigenvalue weighted by atomic mass is 9.70. The van der Waals surface area contributed by atoms with Gasteiger partial charge in [0.2, 0.25) is 11.8 Å². The first-order valence-corrected chi connectivity index (χ1v) is 13.0. The number of imide groups is 1. The van der Waals surface area contributed by atoms with Crippen LogP contribution in [0, 0.1) is 5.82 Å². The van der Waals surface area contributed by atoms with Gasteiger partial charge in [-0.05, 0) is 38.0 Å². The van der Waals surface area contributed by atoms with Crippen molar-refractivity contribution in [1.29, 1.82) is 0 Å². The first-order valence-electron chi connectivity index (χ1n) is 13.0. The summed E-state index contributed by atoms with van der Waals surface area (Å²) in [6.07, 6.45) is 0.0728. The molecule has 2 heterocycles. The van der Waals surface area contributed by atoms with E-state index >= 15 is 4.39 Å². The SMILES string of the molecule is [B]C([B])NCC(C)OC(C)Cc1cccc(CNc2cccc3c2CN(C2([B])CCC(=O)NC2=O)C3=O)c1F. The zero-order valence-corrected chi connectivity index (χ0v) is 22.1. The van der Waals surface area contributed by atoms with E-state index in [1.165, 1.54) is 4.90 Å². The third-order valence-electron chi connectivity index (χ3n) is 7.07. The molecule has 3 unspecified atom stereocenters. The zero-order valence-electron chi connectivity index (χ0n) is 22.1. The molecule has 1 fully saturated rings. The summed E-state index contributed by atoms with van der Waals surface area (Å²) in [5.74, 6) is -2.46. The van der Waals surface area contributed by atoms with Crippen molar-refractivity contribution in [3.63, 3.8) is 0 Å². The van der Waals surface area contributed by atoms with Crippen LogP contribution in [-0.2, 0) is 33.8 Å². The Balaban J connectivity index is 1.43. The van der Waals surface area contributed by atoms with Gasteiger partial charge in [-0.15, -0.1) is 0 Å². The highest BCUT2D eigenvalue weighted by Crippen LogP contribution is 2.36. The summed E-state index contributed by atoms with van der Waals surface area (Å²) in [6.45, 7) is 4.52. The van der Waals surface area contributed by atoms with Gasteiger partial charge in [0.1, 0.15) is 13.7 Å². The van der Waals surface area contributed by atoms with Gasteiger partial charge in [0.05, 0.1) is 33.3 Å². The maximum atomic E-state index is 15.4. The molecule has 198 valence electrons. The number of rotatable bonds is 11. The summed E-state index contributed by atoms with van der Waals surface area (Å²) in [5, 5.41) is 8.36. The molecule has 3 amide bonds. The van der Waals surface area contributed by atoms with Crippen LogP contribution in [0.25, 0.3) is 0 Å². The molecule has 4 rings (SSSR count). The van der Waals surface area contributed by atoms with Gasteiger partial charge in [-0.1, -0.05) is 30.1 Å². The minimum atomic E-state index is -1.62. The first-order chi connectivity index (χ1) is 18.5. The highest BCUT2D eigenvalue weighted by Gasteiger charge is 2.48. The normalized spacial score (nSPS) is 20.6. The number of anilines is 1. The topological polar surface area (TPSA) is 99.8 Å². The Kier molecular flexibility index (Phi) is 8.86. The number of nitrogens with zero attached hydrogens (tertiary/aromatic N) is 1. The summed E-state index contributed by atoms with van der Waals surface area (Å²) in [4.78, 5) is 38.6. The van der Waals surface area contributed by atoms with E-state index in [0.717, 1.165) is 0 Å². The minimum absolute atomic E-state index is 0.0378. The molecule has 8 nitrogen and oxygen atoms in total. The molecule has 6 radical (unpaired) electrons. The molecule has 0 aromatic heterocycles. The zero-order chi connectivity index (χ0) is 28.3. The summed E-state index contributed by atoms with van der Waals surface area (Å²) in [7, 11) is 17.3. The molecule has 2 aromatic rings. The highest BCUT2D eigenvalue weighted by atomic mass is 19.1. The second-order valence-electron chi connectivity index (χ2n) is 10.2. The van der Waals surface area contributed by atoms with Gasteiger partial charge in [0, 0.05) is 54.9 Å². The Morgan fingerprint density at radius 2 is 1.82 bits per heavy atom. The summed E-state index contributed by atoms with van der Waals surface area (Å²) >= 11 is 0. The van der Waals surface area contributed by atoms with Crippen molar-refractivity contribution in [2.75, 3.05) is 11.9 Å². The fourth-order valence-electron chi connectivity index (χ4n) is 5.02. The number of amides is 3. The van der Waals surface area contributed by atoms with Gasteiger partial charge >= 0.3 is 0 Å².